The first-order valence-electron chi connectivity index (χ1n) is 6.79. The van der Waals surface area contributed by atoms with Gasteiger partial charge in [0.15, 0.2) is 0 Å². The van der Waals surface area contributed by atoms with Crippen molar-refractivity contribution in [1.29, 1.82) is 0 Å². The zero-order chi connectivity index (χ0) is 12.9. The molecule has 0 unspecified atom stereocenters. The lowest BCUT2D eigenvalue weighted by Crippen LogP contribution is -2.00. The van der Waals surface area contributed by atoms with Crippen LogP contribution in [0, 0.1) is 0 Å². The van der Waals surface area contributed by atoms with Gasteiger partial charge in [-0.15, -0.1) is 0 Å². The molecule has 0 aromatic heterocycles. The van der Waals surface area contributed by atoms with E-state index in [4.69, 9.17) is 0 Å². The molecule has 0 aromatic carbocycles. The van der Waals surface area contributed by atoms with E-state index in [-0.39, 0.29) is 5.97 Å². The van der Waals surface area contributed by atoms with E-state index in [0.29, 0.717) is 18.6 Å². The summed E-state index contributed by atoms with van der Waals surface area (Å²) in [6.07, 6.45) is 9.21. The Morgan fingerprint density at radius 2 is 1.35 bits per heavy atom. The number of methoxy groups -OCH3 is 1. The van der Waals surface area contributed by atoms with Gasteiger partial charge in [-0.3, -0.25) is 9.59 Å². The Labute approximate surface area is 105 Å². The molecule has 0 aliphatic heterocycles. The van der Waals surface area contributed by atoms with Gasteiger partial charge in [-0.2, -0.15) is 0 Å². The van der Waals surface area contributed by atoms with Gasteiger partial charge in [0.05, 0.1) is 7.11 Å². The minimum Gasteiger partial charge on any atom is -0.469 e. The summed E-state index contributed by atoms with van der Waals surface area (Å²) >= 11 is 0. The van der Waals surface area contributed by atoms with Crippen molar-refractivity contribution in [1.82, 2.24) is 0 Å². The average Bonchev–Trinajstić information content (AvgIpc) is 2.33. The van der Waals surface area contributed by atoms with E-state index in [0.717, 1.165) is 44.9 Å². The lowest BCUT2D eigenvalue weighted by atomic mass is 10.0. The first kappa shape index (κ1) is 16.1. The van der Waals surface area contributed by atoms with E-state index in [2.05, 4.69) is 11.7 Å². The summed E-state index contributed by atoms with van der Waals surface area (Å²) in [7, 11) is 1.41. The van der Waals surface area contributed by atoms with Crippen LogP contribution in [0.4, 0.5) is 0 Å². The van der Waals surface area contributed by atoms with Gasteiger partial charge in [0.25, 0.3) is 0 Å². The molecule has 0 radical (unpaired) electrons. The van der Waals surface area contributed by atoms with Crippen molar-refractivity contribution in [2.75, 3.05) is 7.11 Å². The van der Waals surface area contributed by atoms with E-state index >= 15 is 0 Å². The summed E-state index contributed by atoms with van der Waals surface area (Å²) < 4.78 is 4.56. The summed E-state index contributed by atoms with van der Waals surface area (Å²) in [6.45, 7) is 2.14. The lowest BCUT2D eigenvalue weighted by Gasteiger charge is -2.01. The zero-order valence-electron chi connectivity index (χ0n) is 11.3. The topological polar surface area (TPSA) is 43.4 Å². The van der Waals surface area contributed by atoms with Gasteiger partial charge in [-0.05, 0) is 19.3 Å². The predicted octanol–water partition coefficient (Wildman–Crippen LogP) is 3.65. The van der Waals surface area contributed by atoms with Crippen LogP contribution in [0.15, 0.2) is 0 Å². The third-order valence-electron chi connectivity index (χ3n) is 2.87. The first-order chi connectivity index (χ1) is 8.20. The maximum absolute atomic E-state index is 11.4. The minimum atomic E-state index is -0.138. The molecule has 17 heavy (non-hydrogen) atoms. The van der Waals surface area contributed by atoms with Crippen molar-refractivity contribution >= 4 is 11.8 Å². The normalized spacial score (nSPS) is 10.2. The molecule has 0 rings (SSSR count). The number of rotatable bonds is 11. The fourth-order valence-corrected chi connectivity index (χ4v) is 1.74. The number of hydrogen-bond donors (Lipinski definition) is 0. The molecule has 0 saturated carbocycles. The molecule has 0 spiro atoms. The number of esters is 1. The predicted molar refractivity (Wildman–Crippen MR) is 68.9 cm³/mol. The van der Waals surface area contributed by atoms with Crippen LogP contribution in [0.2, 0.25) is 0 Å². The van der Waals surface area contributed by atoms with Crippen LogP contribution in [0.5, 0.6) is 0 Å². The van der Waals surface area contributed by atoms with E-state index < -0.39 is 0 Å². The third-order valence-corrected chi connectivity index (χ3v) is 2.87. The maximum atomic E-state index is 11.4. The molecular weight excluding hydrogens is 216 g/mol. The van der Waals surface area contributed by atoms with Gasteiger partial charge in [0.2, 0.25) is 0 Å². The van der Waals surface area contributed by atoms with Crippen LogP contribution in [0.1, 0.15) is 71.1 Å². The highest BCUT2D eigenvalue weighted by molar-refractivity contribution is 5.78. The highest BCUT2D eigenvalue weighted by atomic mass is 16.5. The Kier molecular flexibility index (Phi) is 11.0. The second kappa shape index (κ2) is 11.6. The fraction of sp³-hybridized carbons (Fsp3) is 0.857. The van der Waals surface area contributed by atoms with Gasteiger partial charge in [0, 0.05) is 19.3 Å². The number of ketones is 1. The Balaban J connectivity index is 3.22. The van der Waals surface area contributed by atoms with E-state index in [1.165, 1.54) is 13.5 Å². The summed E-state index contributed by atoms with van der Waals surface area (Å²) in [5, 5.41) is 0. The minimum absolute atomic E-state index is 0.138. The number of carbonyl (C=O) groups is 2. The van der Waals surface area contributed by atoms with Gasteiger partial charge >= 0.3 is 5.97 Å². The lowest BCUT2D eigenvalue weighted by molar-refractivity contribution is -0.140. The molecule has 100 valence electrons. The van der Waals surface area contributed by atoms with E-state index in [1.54, 1.807) is 0 Å². The van der Waals surface area contributed by atoms with Crippen molar-refractivity contribution in [3.8, 4) is 0 Å². The molecular formula is C14H26O3. The number of hydrogen-bond acceptors (Lipinski definition) is 3. The van der Waals surface area contributed by atoms with Gasteiger partial charge < -0.3 is 4.74 Å². The van der Waals surface area contributed by atoms with Crippen LogP contribution in [-0.4, -0.2) is 18.9 Å². The van der Waals surface area contributed by atoms with Gasteiger partial charge in [-0.1, -0.05) is 32.6 Å². The molecule has 0 aliphatic rings. The first-order valence-corrected chi connectivity index (χ1v) is 6.79. The average molecular weight is 242 g/mol. The van der Waals surface area contributed by atoms with Crippen molar-refractivity contribution in [2.24, 2.45) is 0 Å². The molecule has 0 aromatic rings. The summed E-state index contributed by atoms with van der Waals surface area (Å²) in [4.78, 5) is 22.3. The number of ether oxygens (including phenoxy) is 1. The van der Waals surface area contributed by atoms with Crippen LogP contribution < -0.4 is 0 Å². The Hall–Kier alpha value is -0.860. The van der Waals surface area contributed by atoms with Gasteiger partial charge in [0.1, 0.15) is 5.78 Å². The molecule has 0 atom stereocenters. The molecule has 0 bridgehead atoms. The molecule has 0 N–H and O–H groups in total. The molecule has 3 heteroatoms. The van der Waals surface area contributed by atoms with E-state index in [9.17, 15) is 9.59 Å². The third kappa shape index (κ3) is 11.4. The van der Waals surface area contributed by atoms with Crippen LogP contribution in [0.25, 0.3) is 0 Å². The highest BCUT2D eigenvalue weighted by Gasteiger charge is 2.02. The largest absolute Gasteiger partial charge is 0.469 e. The molecule has 3 nitrogen and oxygen atoms in total. The Bertz CT molecular complexity index is 212. The quantitative estimate of drug-likeness (QED) is 0.410. The van der Waals surface area contributed by atoms with Crippen molar-refractivity contribution in [2.45, 2.75) is 71.1 Å². The summed E-state index contributed by atoms with van der Waals surface area (Å²) in [5.74, 6) is 0.257. The van der Waals surface area contributed by atoms with Crippen LogP contribution >= 0.6 is 0 Å². The number of unbranched alkanes of at least 4 members (excludes halogenated alkanes) is 5. The standard InChI is InChI=1S/C14H26O3/c1-3-4-7-10-13(15)11-8-5-6-9-12-14(16)17-2/h3-12H2,1-2H3. The zero-order valence-corrected chi connectivity index (χ0v) is 11.3. The molecule has 0 amide bonds. The smallest absolute Gasteiger partial charge is 0.305 e. The Morgan fingerprint density at radius 3 is 1.88 bits per heavy atom. The number of Topliss-reactive ketones (excluding diaryl/α,β-unsaturated/α-hetero) is 1. The van der Waals surface area contributed by atoms with Crippen molar-refractivity contribution in [3.05, 3.63) is 0 Å². The van der Waals surface area contributed by atoms with Crippen LogP contribution in [-0.2, 0) is 14.3 Å². The summed E-state index contributed by atoms with van der Waals surface area (Å²) in [6, 6.07) is 0. The monoisotopic (exact) mass is 242 g/mol. The summed E-state index contributed by atoms with van der Waals surface area (Å²) in [5.41, 5.74) is 0. The van der Waals surface area contributed by atoms with E-state index in [1.807, 2.05) is 0 Å². The van der Waals surface area contributed by atoms with Gasteiger partial charge in [-0.25, -0.2) is 0 Å². The van der Waals surface area contributed by atoms with Crippen molar-refractivity contribution < 1.29 is 14.3 Å². The Morgan fingerprint density at radius 1 is 0.824 bits per heavy atom. The second-order valence-electron chi connectivity index (χ2n) is 4.49. The fourth-order valence-electron chi connectivity index (χ4n) is 1.74. The second-order valence-corrected chi connectivity index (χ2v) is 4.49. The molecule has 0 saturated heterocycles. The maximum Gasteiger partial charge on any atom is 0.305 e. The SMILES string of the molecule is CCCCCC(=O)CCCCCCC(=O)OC. The van der Waals surface area contributed by atoms with Crippen LogP contribution in [0.3, 0.4) is 0 Å². The molecule has 0 heterocycles. The number of carbonyl (C=O) groups excluding carboxylic acids is 2. The highest BCUT2D eigenvalue weighted by Crippen LogP contribution is 2.09. The van der Waals surface area contributed by atoms with Crippen molar-refractivity contribution in [3.63, 3.8) is 0 Å². The molecule has 0 fully saturated rings. The molecule has 0 aliphatic carbocycles.